The predicted molar refractivity (Wildman–Crippen MR) is 120 cm³/mol. The normalized spacial score (nSPS) is 13.3. The van der Waals surface area contributed by atoms with Crippen LogP contribution in [-0.4, -0.2) is 23.7 Å². The van der Waals surface area contributed by atoms with E-state index in [1.54, 1.807) is 17.0 Å². The van der Waals surface area contributed by atoms with E-state index < -0.39 is 6.36 Å². The van der Waals surface area contributed by atoms with Gasteiger partial charge in [-0.2, -0.15) is 0 Å². The molecule has 7 heteroatoms. The van der Waals surface area contributed by atoms with E-state index in [1.165, 1.54) is 17.7 Å². The Labute approximate surface area is 191 Å². The second-order valence-electron chi connectivity index (χ2n) is 8.21. The maximum Gasteiger partial charge on any atom is 0.573 e. The summed E-state index contributed by atoms with van der Waals surface area (Å²) in [4.78, 5) is 14.7. The maximum atomic E-state index is 12.9. The van der Waals surface area contributed by atoms with Gasteiger partial charge in [-0.3, -0.25) is 4.79 Å². The molecule has 1 heterocycles. The maximum absolute atomic E-state index is 12.9. The highest BCUT2D eigenvalue weighted by atomic mass is 19.4. The van der Waals surface area contributed by atoms with Crippen LogP contribution in [0.5, 0.6) is 5.75 Å². The van der Waals surface area contributed by atoms with Crippen molar-refractivity contribution >= 4 is 5.91 Å². The SMILES string of the molecule is Cc1cc(CNCCc2ccccc2)cc2c1C(=O)N(Cc1ccc(OC(F)(F)F)cc1)C2. The van der Waals surface area contributed by atoms with E-state index in [0.29, 0.717) is 13.1 Å². The van der Waals surface area contributed by atoms with Gasteiger partial charge in [0.15, 0.2) is 0 Å². The van der Waals surface area contributed by atoms with Crippen molar-refractivity contribution in [3.8, 4) is 5.75 Å². The van der Waals surface area contributed by atoms with Gasteiger partial charge in [0.05, 0.1) is 0 Å². The zero-order valence-corrected chi connectivity index (χ0v) is 18.3. The molecule has 1 amide bonds. The Morgan fingerprint density at radius 2 is 1.70 bits per heavy atom. The van der Waals surface area contributed by atoms with E-state index in [-0.39, 0.29) is 11.7 Å². The molecule has 1 aliphatic rings. The van der Waals surface area contributed by atoms with Crippen molar-refractivity contribution in [2.24, 2.45) is 0 Å². The molecule has 0 aliphatic carbocycles. The number of ether oxygens (including phenoxy) is 1. The van der Waals surface area contributed by atoms with Gasteiger partial charge in [-0.1, -0.05) is 54.6 Å². The minimum Gasteiger partial charge on any atom is -0.406 e. The Morgan fingerprint density at radius 3 is 2.39 bits per heavy atom. The van der Waals surface area contributed by atoms with Gasteiger partial charge < -0.3 is 15.0 Å². The first-order valence-electron chi connectivity index (χ1n) is 10.8. The number of nitrogens with zero attached hydrogens (tertiary/aromatic N) is 1. The van der Waals surface area contributed by atoms with Gasteiger partial charge in [0.2, 0.25) is 0 Å². The van der Waals surface area contributed by atoms with Crippen LogP contribution in [0.4, 0.5) is 13.2 Å². The Hall–Kier alpha value is -3.32. The van der Waals surface area contributed by atoms with Crippen LogP contribution >= 0.6 is 0 Å². The lowest BCUT2D eigenvalue weighted by Crippen LogP contribution is -2.23. The molecule has 1 aliphatic heterocycles. The predicted octanol–water partition coefficient (Wildman–Crippen LogP) is 5.38. The monoisotopic (exact) mass is 454 g/mol. The average molecular weight is 454 g/mol. The van der Waals surface area contributed by atoms with Gasteiger partial charge in [-0.05, 0) is 59.8 Å². The molecule has 1 N–H and O–H groups in total. The first-order chi connectivity index (χ1) is 15.8. The summed E-state index contributed by atoms with van der Waals surface area (Å²) >= 11 is 0. The number of rotatable bonds is 8. The second-order valence-corrected chi connectivity index (χ2v) is 8.21. The molecule has 172 valence electrons. The number of fused-ring (bicyclic) bond motifs is 1. The van der Waals surface area contributed by atoms with Crippen LogP contribution in [0.3, 0.4) is 0 Å². The van der Waals surface area contributed by atoms with Gasteiger partial charge in [0, 0.05) is 25.2 Å². The zero-order chi connectivity index (χ0) is 23.4. The highest BCUT2D eigenvalue weighted by Crippen LogP contribution is 2.29. The summed E-state index contributed by atoms with van der Waals surface area (Å²) < 4.78 is 40.9. The molecule has 0 saturated heterocycles. The summed E-state index contributed by atoms with van der Waals surface area (Å²) in [6.45, 7) is 4.32. The lowest BCUT2D eigenvalue weighted by molar-refractivity contribution is -0.274. The van der Waals surface area contributed by atoms with E-state index in [9.17, 15) is 18.0 Å². The number of carbonyl (C=O) groups is 1. The van der Waals surface area contributed by atoms with Gasteiger partial charge in [-0.25, -0.2) is 0 Å². The van der Waals surface area contributed by atoms with E-state index in [2.05, 4.69) is 28.3 Å². The van der Waals surface area contributed by atoms with E-state index in [1.807, 2.05) is 31.2 Å². The molecular formula is C26H25F3N2O2. The highest BCUT2D eigenvalue weighted by Gasteiger charge is 2.31. The third-order valence-corrected chi connectivity index (χ3v) is 5.63. The molecule has 0 radical (unpaired) electrons. The molecule has 4 rings (SSSR count). The van der Waals surface area contributed by atoms with Crippen LogP contribution in [0.25, 0.3) is 0 Å². The number of hydrogen-bond acceptors (Lipinski definition) is 3. The molecule has 0 bridgehead atoms. The van der Waals surface area contributed by atoms with Crippen molar-refractivity contribution in [1.82, 2.24) is 10.2 Å². The average Bonchev–Trinajstić information content (AvgIpc) is 3.08. The third kappa shape index (κ3) is 5.93. The largest absolute Gasteiger partial charge is 0.573 e. The standard InChI is InChI=1S/C26H25F3N2O2/c1-18-13-21(15-30-12-11-19-5-3-2-4-6-19)14-22-17-31(25(32)24(18)22)16-20-7-9-23(10-8-20)33-26(27,28)29/h2-10,13-14,30H,11-12,15-17H2,1H3. The molecule has 0 fully saturated rings. The van der Waals surface area contributed by atoms with Gasteiger partial charge in [0.1, 0.15) is 5.75 Å². The number of hydrogen-bond donors (Lipinski definition) is 1. The first kappa shape index (κ1) is 22.9. The van der Waals surface area contributed by atoms with Gasteiger partial charge >= 0.3 is 6.36 Å². The fourth-order valence-electron chi connectivity index (χ4n) is 4.16. The van der Waals surface area contributed by atoms with Crippen LogP contribution in [0.1, 0.15) is 38.2 Å². The molecule has 33 heavy (non-hydrogen) atoms. The van der Waals surface area contributed by atoms with Gasteiger partial charge in [-0.15, -0.1) is 13.2 Å². The zero-order valence-electron chi connectivity index (χ0n) is 18.3. The molecule has 3 aromatic rings. The number of amides is 1. The Kier molecular flexibility index (Phi) is 6.70. The third-order valence-electron chi connectivity index (χ3n) is 5.63. The summed E-state index contributed by atoms with van der Waals surface area (Å²) in [7, 11) is 0. The van der Waals surface area contributed by atoms with Crippen LogP contribution in [0.15, 0.2) is 66.7 Å². The highest BCUT2D eigenvalue weighted by molar-refractivity contribution is 5.99. The van der Waals surface area contributed by atoms with Crippen LogP contribution in [0.2, 0.25) is 0 Å². The number of halogens is 3. The first-order valence-corrected chi connectivity index (χ1v) is 10.8. The molecule has 3 aromatic carbocycles. The summed E-state index contributed by atoms with van der Waals surface area (Å²) in [5, 5.41) is 3.46. The number of carbonyl (C=O) groups excluding carboxylic acids is 1. The molecular weight excluding hydrogens is 429 g/mol. The molecule has 0 saturated carbocycles. The van der Waals surface area contributed by atoms with Crippen molar-refractivity contribution in [2.75, 3.05) is 6.54 Å². The smallest absolute Gasteiger partial charge is 0.406 e. The van der Waals surface area contributed by atoms with Crippen molar-refractivity contribution in [3.05, 3.63) is 100 Å². The summed E-state index contributed by atoms with van der Waals surface area (Å²) in [6, 6.07) is 20.0. The van der Waals surface area contributed by atoms with Crippen molar-refractivity contribution in [2.45, 2.75) is 39.3 Å². The topological polar surface area (TPSA) is 41.6 Å². The summed E-state index contributed by atoms with van der Waals surface area (Å²) in [6.07, 6.45) is -3.77. The second kappa shape index (κ2) is 9.67. The van der Waals surface area contributed by atoms with Gasteiger partial charge in [0.25, 0.3) is 5.91 Å². The Bertz CT molecular complexity index is 1110. The number of aryl methyl sites for hydroxylation is 1. The van der Waals surface area contributed by atoms with Crippen LogP contribution < -0.4 is 10.1 Å². The minimum atomic E-state index is -4.72. The fraction of sp³-hybridized carbons (Fsp3) is 0.269. The van der Waals surface area contributed by atoms with Crippen molar-refractivity contribution in [1.29, 1.82) is 0 Å². The molecule has 0 unspecified atom stereocenters. The fourth-order valence-corrected chi connectivity index (χ4v) is 4.16. The molecule has 0 atom stereocenters. The van der Waals surface area contributed by atoms with Crippen molar-refractivity contribution in [3.63, 3.8) is 0 Å². The van der Waals surface area contributed by atoms with Crippen LogP contribution in [-0.2, 0) is 26.1 Å². The minimum absolute atomic E-state index is 0.0540. The quantitative estimate of drug-likeness (QED) is 0.465. The molecule has 0 aromatic heterocycles. The number of nitrogens with one attached hydrogen (secondary N) is 1. The summed E-state index contributed by atoms with van der Waals surface area (Å²) in [5.74, 6) is -0.329. The van der Waals surface area contributed by atoms with E-state index >= 15 is 0 Å². The molecule has 4 nitrogen and oxygen atoms in total. The van der Waals surface area contributed by atoms with Crippen LogP contribution in [0, 0.1) is 6.92 Å². The van der Waals surface area contributed by atoms with Crippen molar-refractivity contribution < 1.29 is 22.7 Å². The van der Waals surface area contributed by atoms with E-state index in [0.717, 1.165) is 47.3 Å². The summed E-state index contributed by atoms with van der Waals surface area (Å²) in [5.41, 5.74) is 5.80. The number of alkyl halides is 3. The molecule has 0 spiro atoms. The lowest BCUT2D eigenvalue weighted by Gasteiger charge is -2.16. The lowest BCUT2D eigenvalue weighted by atomic mass is 10.0. The van der Waals surface area contributed by atoms with E-state index in [4.69, 9.17) is 0 Å². The Balaban J connectivity index is 1.35. The number of benzene rings is 3. The Morgan fingerprint density at radius 1 is 0.970 bits per heavy atom.